The number of ether oxygens (including phenoxy) is 1. The lowest BCUT2D eigenvalue weighted by Gasteiger charge is -2.15. The van der Waals surface area contributed by atoms with Gasteiger partial charge in [0.15, 0.2) is 0 Å². The van der Waals surface area contributed by atoms with E-state index in [9.17, 15) is 0 Å². The summed E-state index contributed by atoms with van der Waals surface area (Å²) < 4.78 is 5.35. The van der Waals surface area contributed by atoms with Crippen molar-refractivity contribution in [1.82, 2.24) is 0 Å². The summed E-state index contributed by atoms with van der Waals surface area (Å²) in [7, 11) is 1.64. The molecule has 2 N–H and O–H groups in total. The molecule has 1 aromatic carbocycles. The fourth-order valence-corrected chi connectivity index (χ4v) is 1.90. The predicted molar refractivity (Wildman–Crippen MR) is 61.3 cm³/mol. The quantitative estimate of drug-likeness (QED) is 0.807. The number of aryl methyl sites for hydroxylation is 1. The summed E-state index contributed by atoms with van der Waals surface area (Å²) >= 11 is 6.07. The molecule has 0 heterocycles. The smallest absolute Gasteiger partial charge is 0.126 e. The van der Waals surface area contributed by atoms with Crippen molar-refractivity contribution in [1.29, 1.82) is 0 Å². The molecule has 0 spiro atoms. The maximum Gasteiger partial charge on any atom is 0.126 e. The summed E-state index contributed by atoms with van der Waals surface area (Å²) in [6, 6.07) is 1.94. The lowest BCUT2D eigenvalue weighted by Crippen LogP contribution is -2.07. The largest absolute Gasteiger partial charge is 0.496 e. The van der Waals surface area contributed by atoms with Gasteiger partial charge in [-0.15, -0.1) is 0 Å². The molecule has 0 aliphatic heterocycles. The fourth-order valence-electron chi connectivity index (χ4n) is 1.65. The second kappa shape index (κ2) is 5.35. The van der Waals surface area contributed by atoms with Crippen LogP contribution in [0.2, 0.25) is 5.02 Å². The van der Waals surface area contributed by atoms with Gasteiger partial charge in [-0.2, -0.15) is 0 Å². The van der Waals surface area contributed by atoms with Crippen LogP contribution in [0.3, 0.4) is 0 Å². The fraction of sp³-hybridized carbons (Fsp3) is 0.455. The summed E-state index contributed by atoms with van der Waals surface area (Å²) in [5, 5.41) is 0.724. The molecule has 0 amide bonds. The highest BCUT2D eigenvalue weighted by molar-refractivity contribution is 6.31. The molecule has 0 fully saturated rings. The molecule has 0 saturated carbocycles. The van der Waals surface area contributed by atoms with Crippen LogP contribution in [0.5, 0.6) is 5.75 Å². The van der Waals surface area contributed by atoms with Gasteiger partial charge in [-0.05, 0) is 31.0 Å². The minimum atomic E-state index is 0.471. The average Bonchev–Trinajstić information content (AvgIpc) is 2.21. The standard InChI is InChI=1S/C11H16ClNO2/c1-7-6-10(12)8(2)11(14-3)9(7)4-5-15-13/h6H,4-5,13H2,1-3H3. The zero-order chi connectivity index (χ0) is 11.4. The second-order valence-corrected chi connectivity index (χ2v) is 3.84. The Balaban J connectivity index is 3.16. The Morgan fingerprint density at radius 1 is 1.40 bits per heavy atom. The van der Waals surface area contributed by atoms with Gasteiger partial charge in [0, 0.05) is 17.0 Å². The van der Waals surface area contributed by atoms with Gasteiger partial charge in [0.2, 0.25) is 0 Å². The molecule has 3 nitrogen and oxygen atoms in total. The zero-order valence-electron chi connectivity index (χ0n) is 9.26. The molecule has 4 heteroatoms. The Morgan fingerprint density at radius 2 is 2.07 bits per heavy atom. The normalized spacial score (nSPS) is 10.5. The van der Waals surface area contributed by atoms with Crippen molar-refractivity contribution >= 4 is 11.6 Å². The topological polar surface area (TPSA) is 44.5 Å². The number of methoxy groups -OCH3 is 1. The number of rotatable bonds is 4. The molecule has 0 atom stereocenters. The van der Waals surface area contributed by atoms with E-state index in [0.29, 0.717) is 6.61 Å². The maximum absolute atomic E-state index is 6.07. The van der Waals surface area contributed by atoms with Crippen molar-refractivity contribution in [3.8, 4) is 5.75 Å². The molecule has 0 saturated heterocycles. The first-order valence-corrected chi connectivity index (χ1v) is 5.13. The number of hydrogen-bond acceptors (Lipinski definition) is 3. The number of halogens is 1. The SMILES string of the molecule is COc1c(C)c(Cl)cc(C)c1CCON. The van der Waals surface area contributed by atoms with Crippen LogP contribution < -0.4 is 10.6 Å². The molecule has 84 valence electrons. The maximum atomic E-state index is 6.07. The number of benzene rings is 1. The third kappa shape index (κ3) is 2.62. The van der Waals surface area contributed by atoms with Crippen molar-refractivity contribution in [2.45, 2.75) is 20.3 Å². The number of hydrogen-bond donors (Lipinski definition) is 1. The van der Waals surface area contributed by atoms with E-state index in [2.05, 4.69) is 4.84 Å². The van der Waals surface area contributed by atoms with Crippen LogP contribution >= 0.6 is 11.6 Å². The molecular formula is C11H16ClNO2. The summed E-state index contributed by atoms with van der Waals surface area (Å²) in [4.78, 5) is 4.58. The summed E-state index contributed by atoms with van der Waals surface area (Å²) in [5.74, 6) is 5.85. The van der Waals surface area contributed by atoms with Gasteiger partial charge in [0.1, 0.15) is 5.75 Å². The Labute approximate surface area is 95.1 Å². The summed E-state index contributed by atoms with van der Waals surface area (Å²) in [6.45, 7) is 4.41. The first-order valence-electron chi connectivity index (χ1n) is 4.76. The van der Waals surface area contributed by atoms with Crippen molar-refractivity contribution < 1.29 is 9.57 Å². The minimum absolute atomic E-state index is 0.471. The van der Waals surface area contributed by atoms with E-state index in [1.807, 2.05) is 19.9 Å². The van der Waals surface area contributed by atoms with Crippen LogP contribution in [0.15, 0.2) is 6.07 Å². The van der Waals surface area contributed by atoms with Gasteiger partial charge in [0.05, 0.1) is 13.7 Å². The Bertz CT molecular complexity index is 353. The van der Waals surface area contributed by atoms with Crippen molar-refractivity contribution in [2.75, 3.05) is 13.7 Å². The molecule has 1 aromatic rings. The molecule has 0 bridgehead atoms. The lowest BCUT2D eigenvalue weighted by atomic mass is 10.0. The van der Waals surface area contributed by atoms with E-state index in [1.54, 1.807) is 7.11 Å². The van der Waals surface area contributed by atoms with E-state index >= 15 is 0 Å². The highest BCUT2D eigenvalue weighted by Crippen LogP contribution is 2.32. The molecule has 0 radical (unpaired) electrons. The molecule has 0 unspecified atom stereocenters. The zero-order valence-corrected chi connectivity index (χ0v) is 10.0. The van der Waals surface area contributed by atoms with Gasteiger partial charge < -0.3 is 9.57 Å². The van der Waals surface area contributed by atoms with Crippen LogP contribution in [-0.2, 0) is 11.3 Å². The molecule has 1 rings (SSSR count). The van der Waals surface area contributed by atoms with Gasteiger partial charge in [0.25, 0.3) is 0 Å². The Morgan fingerprint density at radius 3 is 2.60 bits per heavy atom. The van der Waals surface area contributed by atoms with Crippen LogP contribution in [0, 0.1) is 13.8 Å². The van der Waals surface area contributed by atoms with Crippen molar-refractivity contribution in [3.05, 3.63) is 27.8 Å². The number of nitrogens with two attached hydrogens (primary N) is 1. The lowest BCUT2D eigenvalue weighted by molar-refractivity contribution is 0.140. The van der Waals surface area contributed by atoms with E-state index in [4.69, 9.17) is 22.2 Å². The summed E-state index contributed by atoms with van der Waals surface area (Å²) in [5.41, 5.74) is 3.15. The van der Waals surface area contributed by atoms with Crippen molar-refractivity contribution in [2.24, 2.45) is 5.90 Å². The van der Waals surface area contributed by atoms with Crippen molar-refractivity contribution in [3.63, 3.8) is 0 Å². The molecule has 0 aliphatic rings. The molecule has 0 aliphatic carbocycles. The predicted octanol–water partition coefficient (Wildman–Crippen LogP) is 2.40. The van der Waals surface area contributed by atoms with Gasteiger partial charge >= 0.3 is 0 Å². The average molecular weight is 230 g/mol. The first-order chi connectivity index (χ1) is 7.11. The third-order valence-electron chi connectivity index (χ3n) is 2.47. The van der Waals surface area contributed by atoms with Gasteiger partial charge in [-0.3, -0.25) is 0 Å². The summed E-state index contributed by atoms with van der Waals surface area (Å²) in [6.07, 6.45) is 0.726. The van der Waals surface area contributed by atoms with Crippen LogP contribution in [-0.4, -0.2) is 13.7 Å². The second-order valence-electron chi connectivity index (χ2n) is 3.43. The highest BCUT2D eigenvalue weighted by atomic mass is 35.5. The first kappa shape index (κ1) is 12.3. The third-order valence-corrected chi connectivity index (χ3v) is 2.86. The van der Waals surface area contributed by atoms with Crippen LogP contribution in [0.4, 0.5) is 0 Å². The van der Waals surface area contributed by atoms with Crippen LogP contribution in [0.25, 0.3) is 0 Å². The van der Waals surface area contributed by atoms with E-state index in [1.165, 1.54) is 0 Å². The molecular weight excluding hydrogens is 214 g/mol. The van der Waals surface area contributed by atoms with Crippen LogP contribution in [0.1, 0.15) is 16.7 Å². The van der Waals surface area contributed by atoms with Gasteiger partial charge in [-0.1, -0.05) is 11.6 Å². The minimum Gasteiger partial charge on any atom is -0.496 e. The monoisotopic (exact) mass is 229 g/mol. The van der Waals surface area contributed by atoms with E-state index in [-0.39, 0.29) is 0 Å². The molecule has 0 aromatic heterocycles. The van der Waals surface area contributed by atoms with E-state index < -0.39 is 0 Å². The Hall–Kier alpha value is -0.770. The highest BCUT2D eigenvalue weighted by Gasteiger charge is 2.12. The molecule has 15 heavy (non-hydrogen) atoms. The van der Waals surface area contributed by atoms with Gasteiger partial charge in [-0.25, -0.2) is 5.90 Å². The van der Waals surface area contributed by atoms with E-state index in [0.717, 1.165) is 33.9 Å². The Kier molecular flexibility index (Phi) is 4.39.